The average molecular weight is 226 g/mol. The van der Waals surface area contributed by atoms with Crippen LogP contribution in [0.5, 0.6) is 0 Å². The second kappa shape index (κ2) is 5.99. The molecule has 2 N–H and O–H groups in total. The van der Waals surface area contributed by atoms with E-state index >= 15 is 0 Å². The van der Waals surface area contributed by atoms with Crippen LogP contribution in [0.4, 0.5) is 0 Å². The van der Waals surface area contributed by atoms with Crippen LogP contribution in [0.2, 0.25) is 0 Å². The molecule has 1 heterocycles. The molecule has 0 aromatic carbocycles. The largest absolute Gasteiger partial charge is 0.392 e. The summed E-state index contributed by atoms with van der Waals surface area (Å²) in [6.07, 6.45) is 5.97. The van der Waals surface area contributed by atoms with Crippen molar-refractivity contribution < 1.29 is 5.11 Å². The van der Waals surface area contributed by atoms with Gasteiger partial charge in [-0.1, -0.05) is 6.92 Å². The van der Waals surface area contributed by atoms with E-state index in [4.69, 9.17) is 0 Å². The summed E-state index contributed by atoms with van der Waals surface area (Å²) in [5.74, 6) is 0.700. The molecule has 0 aromatic rings. The van der Waals surface area contributed by atoms with Crippen LogP contribution >= 0.6 is 0 Å². The summed E-state index contributed by atoms with van der Waals surface area (Å²) in [7, 11) is 0. The molecular formula is C13H26N2O. The molecule has 0 aromatic heterocycles. The van der Waals surface area contributed by atoms with Crippen LogP contribution in [0.1, 0.15) is 39.0 Å². The highest BCUT2D eigenvalue weighted by molar-refractivity contribution is 4.83. The summed E-state index contributed by atoms with van der Waals surface area (Å²) < 4.78 is 0. The Labute approximate surface area is 99.2 Å². The predicted molar refractivity (Wildman–Crippen MR) is 66.5 cm³/mol. The van der Waals surface area contributed by atoms with Crippen LogP contribution in [-0.2, 0) is 0 Å². The molecule has 16 heavy (non-hydrogen) atoms. The summed E-state index contributed by atoms with van der Waals surface area (Å²) in [5.41, 5.74) is 0. The lowest BCUT2D eigenvalue weighted by atomic mass is 10.1. The third kappa shape index (κ3) is 3.44. The molecule has 1 aliphatic heterocycles. The molecule has 0 amide bonds. The first-order valence-electron chi connectivity index (χ1n) is 6.89. The molecule has 0 radical (unpaired) electrons. The molecule has 3 atom stereocenters. The number of nitrogens with one attached hydrogen (secondary N) is 1. The van der Waals surface area contributed by atoms with Crippen molar-refractivity contribution in [3.05, 3.63) is 0 Å². The topological polar surface area (TPSA) is 35.5 Å². The first-order chi connectivity index (χ1) is 7.75. The monoisotopic (exact) mass is 226 g/mol. The van der Waals surface area contributed by atoms with Gasteiger partial charge in [0.05, 0.1) is 6.10 Å². The fourth-order valence-corrected chi connectivity index (χ4v) is 3.00. The highest BCUT2D eigenvalue weighted by Crippen LogP contribution is 2.19. The third-order valence-electron chi connectivity index (χ3n) is 3.98. The Bertz CT molecular complexity index is 204. The Kier molecular flexibility index (Phi) is 4.62. The van der Waals surface area contributed by atoms with E-state index in [1.165, 1.54) is 38.9 Å². The van der Waals surface area contributed by atoms with Gasteiger partial charge in [0.25, 0.3) is 0 Å². The molecule has 2 fully saturated rings. The Morgan fingerprint density at radius 2 is 2.00 bits per heavy atom. The first kappa shape index (κ1) is 12.3. The van der Waals surface area contributed by atoms with Crippen molar-refractivity contribution in [2.24, 2.45) is 5.92 Å². The molecule has 0 spiro atoms. The Morgan fingerprint density at radius 3 is 2.62 bits per heavy atom. The first-order valence-corrected chi connectivity index (χ1v) is 6.89. The summed E-state index contributed by atoms with van der Waals surface area (Å²) in [4.78, 5) is 2.57. The molecule has 3 unspecified atom stereocenters. The SMILES string of the molecule is CC(CNC1CCCC1O)CN1CCCC1. The van der Waals surface area contributed by atoms with E-state index in [1.54, 1.807) is 0 Å². The van der Waals surface area contributed by atoms with Gasteiger partial charge in [-0.2, -0.15) is 0 Å². The number of aliphatic hydroxyl groups excluding tert-OH is 1. The van der Waals surface area contributed by atoms with Crippen LogP contribution in [-0.4, -0.2) is 48.3 Å². The average Bonchev–Trinajstić information content (AvgIpc) is 2.87. The minimum Gasteiger partial charge on any atom is -0.392 e. The van der Waals surface area contributed by atoms with E-state index < -0.39 is 0 Å². The smallest absolute Gasteiger partial charge is 0.0693 e. The van der Waals surface area contributed by atoms with E-state index in [2.05, 4.69) is 17.1 Å². The van der Waals surface area contributed by atoms with Crippen molar-refractivity contribution in [2.45, 2.75) is 51.2 Å². The normalized spacial score (nSPS) is 33.4. The lowest BCUT2D eigenvalue weighted by Crippen LogP contribution is -2.40. The molecule has 1 saturated heterocycles. The van der Waals surface area contributed by atoms with Crippen LogP contribution in [0, 0.1) is 5.92 Å². The maximum Gasteiger partial charge on any atom is 0.0693 e. The molecule has 3 nitrogen and oxygen atoms in total. The fraction of sp³-hybridized carbons (Fsp3) is 1.00. The molecular weight excluding hydrogens is 200 g/mol. The standard InChI is InChI=1S/C13H26N2O/c1-11(10-15-7-2-3-8-15)9-14-12-5-4-6-13(12)16/h11-14,16H,2-10H2,1H3. The number of nitrogens with zero attached hydrogens (tertiary/aromatic N) is 1. The van der Waals surface area contributed by atoms with E-state index in [0.717, 1.165) is 19.4 Å². The third-order valence-corrected chi connectivity index (χ3v) is 3.98. The summed E-state index contributed by atoms with van der Waals surface area (Å²) >= 11 is 0. The summed E-state index contributed by atoms with van der Waals surface area (Å²) in [5, 5.41) is 13.2. The molecule has 94 valence electrons. The predicted octanol–water partition coefficient (Wildman–Crippen LogP) is 1.22. The summed E-state index contributed by atoms with van der Waals surface area (Å²) in [6.45, 7) is 7.16. The minimum atomic E-state index is -0.0982. The minimum absolute atomic E-state index is 0.0982. The van der Waals surface area contributed by atoms with Crippen molar-refractivity contribution >= 4 is 0 Å². The lowest BCUT2D eigenvalue weighted by molar-refractivity contribution is 0.145. The van der Waals surface area contributed by atoms with Gasteiger partial charge in [-0.3, -0.25) is 0 Å². The van der Waals surface area contributed by atoms with Crippen molar-refractivity contribution in [1.29, 1.82) is 0 Å². The fourth-order valence-electron chi connectivity index (χ4n) is 3.00. The maximum atomic E-state index is 9.71. The number of hydrogen-bond donors (Lipinski definition) is 2. The van der Waals surface area contributed by atoms with Crippen molar-refractivity contribution in [3.63, 3.8) is 0 Å². The van der Waals surface area contributed by atoms with Gasteiger partial charge < -0.3 is 15.3 Å². The number of aliphatic hydroxyl groups is 1. The zero-order valence-corrected chi connectivity index (χ0v) is 10.5. The van der Waals surface area contributed by atoms with Gasteiger partial charge in [0, 0.05) is 12.6 Å². The zero-order chi connectivity index (χ0) is 11.4. The number of rotatable bonds is 5. The molecule has 2 aliphatic rings. The van der Waals surface area contributed by atoms with Gasteiger partial charge in [0.1, 0.15) is 0 Å². The van der Waals surface area contributed by atoms with Gasteiger partial charge in [-0.25, -0.2) is 0 Å². The highest BCUT2D eigenvalue weighted by atomic mass is 16.3. The van der Waals surface area contributed by atoms with Crippen LogP contribution in [0.15, 0.2) is 0 Å². The van der Waals surface area contributed by atoms with Crippen LogP contribution in [0.25, 0.3) is 0 Å². The maximum absolute atomic E-state index is 9.71. The summed E-state index contributed by atoms with van der Waals surface area (Å²) in [6, 6.07) is 0.362. The van der Waals surface area contributed by atoms with Gasteiger partial charge in [-0.15, -0.1) is 0 Å². The van der Waals surface area contributed by atoms with E-state index in [1.807, 2.05) is 0 Å². The second-order valence-electron chi connectivity index (χ2n) is 5.63. The van der Waals surface area contributed by atoms with Gasteiger partial charge in [0.2, 0.25) is 0 Å². The quantitative estimate of drug-likeness (QED) is 0.740. The highest BCUT2D eigenvalue weighted by Gasteiger charge is 2.25. The Balaban J connectivity index is 1.61. The van der Waals surface area contributed by atoms with Crippen molar-refractivity contribution in [3.8, 4) is 0 Å². The van der Waals surface area contributed by atoms with E-state index in [-0.39, 0.29) is 6.10 Å². The molecule has 0 bridgehead atoms. The lowest BCUT2D eigenvalue weighted by Gasteiger charge is -2.23. The van der Waals surface area contributed by atoms with Gasteiger partial charge >= 0.3 is 0 Å². The van der Waals surface area contributed by atoms with E-state index in [0.29, 0.717) is 12.0 Å². The van der Waals surface area contributed by atoms with Gasteiger partial charge in [0.15, 0.2) is 0 Å². The Hall–Kier alpha value is -0.120. The van der Waals surface area contributed by atoms with Crippen LogP contribution < -0.4 is 5.32 Å². The van der Waals surface area contributed by atoms with Crippen molar-refractivity contribution in [1.82, 2.24) is 10.2 Å². The van der Waals surface area contributed by atoms with Crippen LogP contribution in [0.3, 0.4) is 0 Å². The Morgan fingerprint density at radius 1 is 1.25 bits per heavy atom. The molecule has 1 saturated carbocycles. The zero-order valence-electron chi connectivity index (χ0n) is 10.5. The molecule has 1 aliphatic carbocycles. The molecule has 3 heteroatoms. The van der Waals surface area contributed by atoms with E-state index in [9.17, 15) is 5.11 Å². The number of hydrogen-bond acceptors (Lipinski definition) is 3. The number of likely N-dealkylation sites (tertiary alicyclic amines) is 1. The van der Waals surface area contributed by atoms with Gasteiger partial charge in [-0.05, 0) is 57.7 Å². The van der Waals surface area contributed by atoms with Crippen molar-refractivity contribution in [2.75, 3.05) is 26.2 Å². The molecule has 2 rings (SSSR count). The second-order valence-corrected chi connectivity index (χ2v) is 5.63.